The van der Waals surface area contributed by atoms with E-state index in [1.807, 2.05) is 24.3 Å². The summed E-state index contributed by atoms with van der Waals surface area (Å²) in [5.41, 5.74) is 6.60. The smallest absolute Gasteiger partial charge is 0.292 e. The Morgan fingerprint density at radius 3 is 2.67 bits per heavy atom. The van der Waals surface area contributed by atoms with Gasteiger partial charge in [-0.15, -0.1) is 0 Å². The van der Waals surface area contributed by atoms with Crippen LogP contribution in [0.25, 0.3) is 0 Å². The zero-order chi connectivity index (χ0) is 19.4. The first-order chi connectivity index (χ1) is 13.0. The lowest BCUT2D eigenvalue weighted by Gasteiger charge is -2.28. The molecular formula is C19H21ClN4O3. The van der Waals surface area contributed by atoms with Crippen molar-refractivity contribution in [3.8, 4) is 0 Å². The third kappa shape index (κ3) is 4.56. The van der Waals surface area contributed by atoms with Crippen molar-refractivity contribution in [2.45, 2.75) is 18.9 Å². The van der Waals surface area contributed by atoms with Gasteiger partial charge in [-0.25, -0.2) is 0 Å². The first kappa shape index (κ1) is 19.1. The number of amides is 1. The molecule has 1 atom stereocenters. The van der Waals surface area contributed by atoms with E-state index in [-0.39, 0.29) is 28.9 Å². The zero-order valence-corrected chi connectivity index (χ0v) is 15.5. The quantitative estimate of drug-likeness (QED) is 0.448. The predicted molar refractivity (Wildman–Crippen MR) is 105 cm³/mol. The largest absolute Gasteiger partial charge is 0.393 e. The summed E-state index contributed by atoms with van der Waals surface area (Å²) in [6.07, 6.45) is 2.24. The maximum atomic E-state index is 12.5. The highest BCUT2D eigenvalue weighted by Gasteiger charge is 2.24. The molecule has 7 nitrogen and oxygen atoms in total. The number of benzene rings is 2. The number of nitrogens with two attached hydrogens (primary N) is 1. The van der Waals surface area contributed by atoms with Crippen molar-refractivity contribution in [3.05, 3.63) is 68.7 Å². The summed E-state index contributed by atoms with van der Waals surface area (Å²) in [6, 6.07) is 11.7. The first-order valence-corrected chi connectivity index (χ1v) is 9.15. The summed E-state index contributed by atoms with van der Waals surface area (Å²) in [6.45, 7) is 2.30. The first-order valence-electron chi connectivity index (χ1n) is 8.77. The minimum atomic E-state index is -0.592. The molecule has 2 aromatic rings. The molecule has 1 heterocycles. The summed E-state index contributed by atoms with van der Waals surface area (Å²) >= 11 is 6.13. The second kappa shape index (κ2) is 8.37. The van der Waals surface area contributed by atoms with Crippen LogP contribution in [-0.2, 0) is 0 Å². The van der Waals surface area contributed by atoms with Gasteiger partial charge in [-0.05, 0) is 55.8 Å². The number of anilines is 1. The maximum Gasteiger partial charge on any atom is 0.292 e. The molecule has 3 rings (SSSR count). The van der Waals surface area contributed by atoms with Crippen LogP contribution in [0.5, 0.6) is 0 Å². The van der Waals surface area contributed by atoms with Crippen LogP contribution in [0.2, 0.25) is 5.02 Å². The van der Waals surface area contributed by atoms with Crippen LogP contribution in [0.15, 0.2) is 42.5 Å². The van der Waals surface area contributed by atoms with Crippen LogP contribution in [-0.4, -0.2) is 35.4 Å². The van der Waals surface area contributed by atoms with Gasteiger partial charge in [-0.1, -0.05) is 23.7 Å². The molecule has 0 aromatic heterocycles. The number of nitro groups is 1. The van der Waals surface area contributed by atoms with Gasteiger partial charge < -0.3 is 11.1 Å². The van der Waals surface area contributed by atoms with Gasteiger partial charge in [-0.3, -0.25) is 19.8 Å². The molecule has 1 saturated heterocycles. The molecule has 3 N–H and O–H groups in total. The predicted octanol–water partition coefficient (Wildman–Crippen LogP) is 3.40. The Hall–Kier alpha value is -2.64. The van der Waals surface area contributed by atoms with Crippen molar-refractivity contribution in [3.63, 3.8) is 0 Å². The molecule has 0 spiro atoms. The van der Waals surface area contributed by atoms with Gasteiger partial charge in [0.1, 0.15) is 5.69 Å². The summed E-state index contributed by atoms with van der Waals surface area (Å²) < 4.78 is 0. The van der Waals surface area contributed by atoms with Crippen molar-refractivity contribution in [1.29, 1.82) is 0 Å². The number of carbonyl (C=O) groups is 1. The van der Waals surface area contributed by atoms with E-state index < -0.39 is 4.92 Å². The number of carbonyl (C=O) groups excluding carboxylic acids is 1. The molecule has 1 amide bonds. The molecule has 27 heavy (non-hydrogen) atoms. The Balaban J connectivity index is 1.76. The molecule has 2 aromatic carbocycles. The Morgan fingerprint density at radius 1 is 1.26 bits per heavy atom. The van der Waals surface area contributed by atoms with E-state index in [1.165, 1.54) is 18.2 Å². The number of halogens is 1. The van der Waals surface area contributed by atoms with Crippen LogP contribution in [0, 0.1) is 10.1 Å². The summed E-state index contributed by atoms with van der Waals surface area (Å²) in [5, 5.41) is 14.6. The van der Waals surface area contributed by atoms with E-state index in [4.69, 9.17) is 17.3 Å². The standard InChI is InChI=1S/C19H21ClN4O3/c20-15-5-3-4-13(10-15)18(23-8-1-2-9-23)12-22-19(25)14-6-7-16(21)17(11-14)24(26)27/h3-7,10-11,18H,1-2,8-9,12,21H2,(H,22,25). The highest BCUT2D eigenvalue weighted by Crippen LogP contribution is 2.27. The van der Waals surface area contributed by atoms with Crippen molar-refractivity contribution in [2.24, 2.45) is 0 Å². The minimum absolute atomic E-state index is 0.00100. The molecule has 0 bridgehead atoms. The van der Waals surface area contributed by atoms with Gasteiger partial charge in [-0.2, -0.15) is 0 Å². The number of hydrogen-bond donors (Lipinski definition) is 2. The molecule has 0 aliphatic carbocycles. The molecule has 1 aliphatic heterocycles. The second-order valence-corrected chi connectivity index (χ2v) is 6.99. The molecule has 1 aliphatic rings. The van der Waals surface area contributed by atoms with Gasteiger partial charge in [0.05, 0.1) is 11.0 Å². The number of rotatable bonds is 6. The normalized spacial score (nSPS) is 15.4. The number of likely N-dealkylation sites (tertiary alicyclic amines) is 1. The molecular weight excluding hydrogens is 368 g/mol. The SMILES string of the molecule is Nc1ccc(C(=O)NCC(c2cccc(Cl)c2)N2CCCC2)cc1[N+](=O)[O-]. The fourth-order valence-electron chi connectivity index (χ4n) is 3.36. The Kier molecular flexibility index (Phi) is 5.93. The third-order valence-corrected chi connectivity index (χ3v) is 5.00. The van der Waals surface area contributed by atoms with Crippen LogP contribution < -0.4 is 11.1 Å². The molecule has 1 unspecified atom stereocenters. The van der Waals surface area contributed by atoms with Crippen molar-refractivity contribution in [1.82, 2.24) is 10.2 Å². The van der Waals surface area contributed by atoms with E-state index in [0.717, 1.165) is 31.5 Å². The van der Waals surface area contributed by atoms with Gasteiger partial charge in [0, 0.05) is 23.2 Å². The number of hydrogen-bond acceptors (Lipinski definition) is 5. The molecule has 1 fully saturated rings. The Morgan fingerprint density at radius 2 is 2.00 bits per heavy atom. The second-order valence-electron chi connectivity index (χ2n) is 6.55. The van der Waals surface area contributed by atoms with E-state index in [1.54, 1.807) is 0 Å². The van der Waals surface area contributed by atoms with E-state index >= 15 is 0 Å². The van der Waals surface area contributed by atoms with Crippen LogP contribution in [0.3, 0.4) is 0 Å². The minimum Gasteiger partial charge on any atom is -0.393 e. The Labute approximate surface area is 162 Å². The monoisotopic (exact) mass is 388 g/mol. The van der Waals surface area contributed by atoms with Crippen molar-refractivity contribution >= 4 is 28.9 Å². The highest BCUT2D eigenvalue weighted by molar-refractivity contribution is 6.30. The van der Waals surface area contributed by atoms with Crippen molar-refractivity contribution in [2.75, 3.05) is 25.4 Å². The average molecular weight is 389 g/mol. The van der Waals surface area contributed by atoms with Crippen LogP contribution in [0.4, 0.5) is 11.4 Å². The third-order valence-electron chi connectivity index (χ3n) is 4.76. The van der Waals surface area contributed by atoms with E-state index in [0.29, 0.717) is 11.6 Å². The lowest BCUT2D eigenvalue weighted by molar-refractivity contribution is -0.383. The molecule has 0 saturated carbocycles. The van der Waals surface area contributed by atoms with Crippen molar-refractivity contribution < 1.29 is 9.72 Å². The molecule has 8 heteroatoms. The maximum absolute atomic E-state index is 12.5. The number of nitro benzene ring substituents is 1. The van der Waals surface area contributed by atoms with Gasteiger partial charge in [0.15, 0.2) is 0 Å². The summed E-state index contributed by atoms with van der Waals surface area (Å²) in [5.74, 6) is -0.371. The average Bonchev–Trinajstić information content (AvgIpc) is 3.16. The van der Waals surface area contributed by atoms with E-state index in [2.05, 4.69) is 10.2 Å². The molecule has 0 radical (unpaired) electrons. The lowest BCUT2D eigenvalue weighted by atomic mass is 10.1. The number of nitrogens with one attached hydrogen (secondary N) is 1. The Bertz CT molecular complexity index is 853. The van der Waals surface area contributed by atoms with Crippen LogP contribution >= 0.6 is 11.6 Å². The topological polar surface area (TPSA) is 102 Å². The summed E-state index contributed by atoms with van der Waals surface area (Å²) in [7, 11) is 0. The van der Waals surface area contributed by atoms with Crippen LogP contribution in [0.1, 0.15) is 34.8 Å². The summed E-state index contributed by atoms with van der Waals surface area (Å²) in [4.78, 5) is 25.3. The zero-order valence-electron chi connectivity index (χ0n) is 14.7. The molecule has 142 valence electrons. The highest BCUT2D eigenvalue weighted by atomic mass is 35.5. The fourth-order valence-corrected chi connectivity index (χ4v) is 3.56. The van der Waals surface area contributed by atoms with Gasteiger partial charge in [0.2, 0.25) is 0 Å². The van der Waals surface area contributed by atoms with E-state index in [9.17, 15) is 14.9 Å². The van der Waals surface area contributed by atoms with Gasteiger partial charge in [0.25, 0.3) is 11.6 Å². The number of nitrogen functional groups attached to an aromatic ring is 1. The lowest BCUT2D eigenvalue weighted by Crippen LogP contribution is -2.36. The fraction of sp³-hybridized carbons (Fsp3) is 0.316. The number of nitrogens with zero attached hydrogens (tertiary/aromatic N) is 2. The van der Waals surface area contributed by atoms with Gasteiger partial charge >= 0.3 is 0 Å².